The minimum atomic E-state index is -1.51. The SMILES string of the molecule is CC[C@H](C)[C@H](NC(=O)[C@@H](N)Cc1ccccc1)C(=O)N[C@@H](Cc1ccccc1)C(=O)N[C@@H](CC(N)=O)C(=O)N1CCC[C@H]1C(=O)N[C@@H](Cc1ccccc1)C(=O)O. The lowest BCUT2D eigenvalue weighted by molar-refractivity contribution is -0.145. The third-order valence-corrected chi connectivity index (χ3v) is 10.1. The van der Waals surface area contributed by atoms with Crippen LogP contribution in [0.2, 0.25) is 0 Å². The van der Waals surface area contributed by atoms with E-state index in [-0.39, 0.29) is 38.1 Å². The summed E-state index contributed by atoms with van der Waals surface area (Å²) in [5.74, 6) is -5.99. The van der Waals surface area contributed by atoms with Crippen molar-refractivity contribution < 1.29 is 38.7 Å². The molecule has 15 nitrogen and oxygen atoms in total. The Morgan fingerprint density at radius 3 is 1.72 bits per heavy atom. The van der Waals surface area contributed by atoms with Crippen LogP contribution in [-0.2, 0) is 52.8 Å². The van der Waals surface area contributed by atoms with E-state index in [0.29, 0.717) is 24.0 Å². The zero-order valence-corrected chi connectivity index (χ0v) is 32.3. The van der Waals surface area contributed by atoms with Gasteiger partial charge in [-0.25, -0.2) is 4.79 Å². The molecule has 0 bridgehead atoms. The number of hydrogen-bond donors (Lipinski definition) is 7. The van der Waals surface area contributed by atoms with Crippen molar-refractivity contribution in [2.24, 2.45) is 17.4 Å². The Morgan fingerprint density at radius 2 is 1.21 bits per heavy atom. The molecule has 1 aliphatic rings. The topological polar surface area (TPSA) is 243 Å². The van der Waals surface area contributed by atoms with Gasteiger partial charge in [-0.3, -0.25) is 28.8 Å². The lowest BCUT2D eigenvalue weighted by Crippen LogP contribution is -2.60. The number of likely N-dealkylation sites (tertiary alicyclic amines) is 1. The van der Waals surface area contributed by atoms with Gasteiger partial charge in [0.15, 0.2) is 0 Å². The summed E-state index contributed by atoms with van der Waals surface area (Å²) in [4.78, 5) is 94.4. The summed E-state index contributed by atoms with van der Waals surface area (Å²) in [5, 5.41) is 20.5. The van der Waals surface area contributed by atoms with E-state index in [1.807, 2.05) is 37.3 Å². The number of nitrogens with zero attached hydrogens (tertiary/aromatic N) is 1. The number of primary amides is 1. The molecule has 3 aromatic carbocycles. The molecule has 0 saturated carbocycles. The van der Waals surface area contributed by atoms with E-state index in [1.54, 1.807) is 67.6 Å². The molecule has 57 heavy (non-hydrogen) atoms. The largest absolute Gasteiger partial charge is 0.480 e. The number of benzene rings is 3. The molecule has 0 spiro atoms. The zero-order chi connectivity index (χ0) is 41.5. The highest BCUT2D eigenvalue weighted by molar-refractivity contribution is 5.98. The monoisotopic (exact) mass is 783 g/mol. The molecule has 0 aliphatic carbocycles. The summed E-state index contributed by atoms with van der Waals surface area (Å²) in [6.45, 7) is 3.74. The number of carboxylic acid groups (broad SMARTS) is 1. The van der Waals surface area contributed by atoms with Crippen LogP contribution < -0.4 is 32.7 Å². The van der Waals surface area contributed by atoms with E-state index in [9.17, 15) is 38.7 Å². The number of aliphatic carboxylic acids is 1. The van der Waals surface area contributed by atoms with Crippen LogP contribution in [0, 0.1) is 5.92 Å². The van der Waals surface area contributed by atoms with Crippen molar-refractivity contribution >= 4 is 41.4 Å². The van der Waals surface area contributed by atoms with E-state index in [0.717, 1.165) is 5.56 Å². The standard InChI is InChI=1S/C42H53N7O8/c1-3-26(2)36(48-37(51)30(43)22-27-14-7-4-8-15-27)40(54)45-31(23-28-16-9-5-10-17-28)38(52)46-32(25-35(44)50)41(55)49-21-13-20-34(49)39(53)47-33(42(56)57)24-29-18-11-6-12-19-29/h4-12,14-19,26,30-34,36H,3,13,20-25,43H2,1-2H3,(H2,44,50)(H,45,54)(H,46,52)(H,47,53)(H,48,51)(H,56,57)/t26-,30-,31-,32-,33-,34-,36-/m0/s1. The first-order chi connectivity index (χ1) is 27.3. The van der Waals surface area contributed by atoms with Gasteiger partial charge in [-0.1, -0.05) is 111 Å². The van der Waals surface area contributed by atoms with Crippen molar-refractivity contribution in [2.45, 2.75) is 95.0 Å². The van der Waals surface area contributed by atoms with Crippen LogP contribution in [0.15, 0.2) is 91.0 Å². The molecule has 0 unspecified atom stereocenters. The third kappa shape index (κ3) is 13.0. The van der Waals surface area contributed by atoms with Crippen molar-refractivity contribution in [3.63, 3.8) is 0 Å². The van der Waals surface area contributed by atoms with Crippen LogP contribution >= 0.6 is 0 Å². The molecule has 3 aromatic rings. The fourth-order valence-electron chi connectivity index (χ4n) is 6.74. The summed E-state index contributed by atoms with van der Waals surface area (Å²) in [6.07, 6.45) is 0.748. The number of hydrogen-bond acceptors (Lipinski definition) is 8. The smallest absolute Gasteiger partial charge is 0.326 e. The van der Waals surface area contributed by atoms with Gasteiger partial charge >= 0.3 is 5.97 Å². The van der Waals surface area contributed by atoms with Crippen LogP contribution in [0.5, 0.6) is 0 Å². The zero-order valence-electron chi connectivity index (χ0n) is 32.3. The van der Waals surface area contributed by atoms with Crippen LogP contribution in [0.1, 0.15) is 56.2 Å². The van der Waals surface area contributed by atoms with E-state index >= 15 is 0 Å². The summed E-state index contributed by atoms with van der Waals surface area (Å²) in [6, 6.07) is 19.6. The lowest BCUT2D eigenvalue weighted by Gasteiger charge is -2.31. The Morgan fingerprint density at radius 1 is 0.702 bits per heavy atom. The second kappa shape index (κ2) is 21.3. The van der Waals surface area contributed by atoms with Gasteiger partial charge in [0.1, 0.15) is 30.2 Å². The highest BCUT2D eigenvalue weighted by Crippen LogP contribution is 2.20. The molecule has 6 amide bonds. The Labute approximate surface area is 332 Å². The minimum Gasteiger partial charge on any atom is -0.480 e. The van der Waals surface area contributed by atoms with Gasteiger partial charge in [0.05, 0.1) is 12.5 Å². The Hall–Kier alpha value is -6.09. The summed E-state index contributed by atoms with van der Waals surface area (Å²) < 4.78 is 0. The minimum absolute atomic E-state index is 0.0134. The Balaban J connectivity index is 1.52. The number of carbonyl (C=O) groups is 7. The fourth-order valence-corrected chi connectivity index (χ4v) is 6.74. The van der Waals surface area contributed by atoms with Crippen LogP contribution in [0.3, 0.4) is 0 Å². The van der Waals surface area contributed by atoms with Gasteiger partial charge in [-0.05, 0) is 41.9 Å². The first-order valence-electron chi connectivity index (χ1n) is 19.2. The maximum Gasteiger partial charge on any atom is 0.326 e. The van der Waals surface area contributed by atoms with E-state index in [1.165, 1.54) is 4.90 Å². The number of nitrogens with two attached hydrogens (primary N) is 2. The molecule has 304 valence electrons. The van der Waals surface area contributed by atoms with Gasteiger partial charge in [0.25, 0.3) is 0 Å². The number of nitrogens with one attached hydrogen (secondary N) is 4. The van der Waals surface area contributed by atoms with E-state index < -0.39 is 84.1 Å². The summed E-state index contributed by atoms with van der Waals surface area (Å²) in [7, 11) is 0. The average Bonchev–Trinajstić information content (AvgIpc) is 3.70. The number of carboxylic acids is 1. The Kier molecular flexibility index (Phi) is 16.3. The molecule has 1 aliphatic heterocycles. The first-order valence-corrected chi connectivity index (χ1v) is 19.2. The van der Waals surface area contributed by atoms with Gasteiger partial charge in [-0.15, -0.1) is 0 Å². The number of amides is 6. The highest BCUT2D eigenvalue weighted by atomic mass is 16.4. The maximum atomic E-state index is 14.1. The molecule has 1 saturated heterocycles. The second-order valence-corrected chi connectivity index (χ2v) is 14.4. The lowest BCUT2D eigenvalue weighted by atomic mass is 9.96. The van der Waals surface area contributed by atoms with E-state index in [2.05, 4.69) is 21.3 Å². The van der Waals surface area contributed by atoms with Gasteiger partial charge in [-0.2, -0.15) is 0 Å². The van der Waals surface area contributed by atoms with Crippen LogP contribution in [0.4, 0.5) is 0 Å². The molecule has 1 fully saturated rings. The quantitative estimate of drug-likeness (QED) is 0.0863. The number of rotatable bonds is 20. The Bertz CT molecular complexity index is 1850. The van der Waals surface area contributed by atoms with Gasteiger partial charge in [0.2, 0.25) is 35.4 Å². The summed E-state index contributed by atoms with van der Waals surface area (Å²) in [5.41, 5.74) is 14.0. The van der Waals surface area contributed by atoms with E-state index in [4.69, 9.17) is 11.5 Å². The molecule has 0 radical (unpaired) electrons. The normalized spacial score (nSPS) is 16.8. The molecule has 15 heteroatoms. The molecule has 7 atom stereocenters. The fraction of sp³-hybridized carbons (Fsp3) is 0.405. The molecular weight excluding hydrogens is 731 g/mol. The average molecular weight is 784 g/mol. The van der Waals surface area contributed by atoms with Crippen molar-refractivity contribution in [1.29, 1.82) is 0 Å². The summed E-state index contributed by atoms with van der Waals surface area (Å²) >= 11 is 0. The predicted octanol–water partition coefficient (Wildman–Crippen LogP) is 0.978. The predicted molar refractivity (Wildman–Crippen MR) is 212 cm³/mol. The molecule has 0 aromatic heterocycles. The third-order valence-electron chi connectivity index (χ3n) is 10.1. The molecule has 9 N–H and O–H groups in total. The van der Waals surface area contributed by atoms with Crippen molar-refractivity contribution in [2.75, 3.05) is 6.54 Å². The number of carbonyl (C=O) groups excluding carboxylic acids is 6. The van der Waals surface area contributed by atoms with Crippen molar-refractivity contribution in [3.8, 4) is 0 Å². The van der Waals surface area contributed by atoms with Gasteiger partial charge in [0, 0.05) is 19.4 Å². The maximum absolute atomic E-state index is 14.1. The second-order valence-electron chi connectivity index (χ2n) is 14.4. The molecule has 1 heterocycles. The van der Waals surface area contributed by atoms with Crippen LogP contribution in [0.25, 0.3) is 0 Å². The van der Waals surface area contributed by atoms with Crippen molar-refractivity contribution in [3.05, 3.63) is 108 Å². The van der Waals surface area contributed by atoms with Crippen molar-refractivity contribution in [1.82, 2.24) is 26.2 Å². The molecule has 4 rings (SSSR count). The molecular formula is C42H53N7O8. The van der Waals surface area contributed by atoms with Crippen LogP contribution in [-0.4, -0.2) is 94.2 Å². The highest BCUT2D eigenvalue weighted by Gasteiger charge is 2.40. The van der Waals surface area contributed by atoms with Gasteiger partial charge < -0.3 is 42.7 Å². The first kappa shape index (κ1) is 43.6.